The van der Waals surface area contributed by atoms with Crippen molar-refractivity contribution in [3.63, 3.8) is 0 Å². The van der Waals surface area contributed by atoms with Gasteiger partial charge in [-0.3, -0.25) is 9.78 Å². The second kappa shape index (κ2) is 7.62. The van der Waals surface area contributed by atoms with Gasteiger partial charge in [-0.15, -0.1) is 0 Å². The quantitative estimate of drug-likeness (QED) is 0.641. The summed E-state index contributed by atoms with van der Waals surface area (Å²) in [4.78, 5) is 16.8. The van der Waals surface area contributed by atoms with Gasteiger partial charge in [-0.05, 0) is 61.4 Å². The van der Waals surface area contributed by atoms with Crippen molar-refractivity contribution in [2.75, 3.05) is 7.05 Å². The molecule has 32 heavy (non-hydrogen) atoms. The van der Waals surface area contributed by atoms with Gasteiger partial charge in [0, 0.05) is 59.4 Å². The fourth-order valence-corrected chi connectivity index (χ4v) is 5.71. The number of amides is 1. The molecule has 1 aromatic carbocycles. The molecule has 1 amide bonds. The fourth-order valence-electron chi connectivity index (χ4n) is 5.47. The fraction of sp³-hybridized carbons (Fsp3) is 0.400. The lowest BCUT2D eigenvalue weighted by molar-refractivity contribution is -0.124. The van der Waals surface area contributed by atoms with E-state index in [1.165, 1.54) is 5.56 Å². The van der Waals surface area contributed by atoms with Gasteiger partial charge in [-0.2, -0.15) is 0 Å². The molecule has 0 spiro atoms. The second-order valence-corrected chi connectivity index (χ2v) is 9.37. The molecule has 6 rings (SSSR count). The first-order chi connectivity index (χ1) is 15.6. The molecule has 0 saturated heterocycles. The SMILES string of the molecule is CNC(=O)C1Cc2nccc(-c3cc(Cl)cc4c3O[C@@H](c3onc5c3CCCC5)C4)c2C1. The average molecular weight is 450 g/mol. The third-order valence-electron chi connectivity index (χ3n) is 7.02. The lowest BCUT2D eigenvalue weighted by atomic mass is 9.93. The van der Waals surface area contributed by atoms with Crippen LogP contribution in [-0.2, 0) is 36.9 Å². The molecule has 0 fully saturated rings. The van der Waals surface area contributed by atoms with Crippen LogP contribution in [0.5, 0.6) is 5.75 Å². The molecule has 0 bridgehead atoms. The minimum Gasteiger partial charge on any atom is -0.481 e. The van der Waals surface area contributed by atoms with E-state index in [1.54, 1.807) is 7.05 Å². The van der Waals surface area contributed by atoms with Gasteiger partial charge in [0.2, 0.25) is 5.91 Å². The maximum absolute atomic E-state index is 12.3. The number of halogens is 1. The Morgan fingerprint density at radius 1 is 1.09 bits per heavy atom. The maximum atomic E-state index is 12.3. The van der Waals surface area contributed by atoms with Gasteiger partial charge in [0.05, 0.1) is 5.69 Å². The van der Waals surface area contributed by atoms with Crippen LogP contribution in [0, 0.1) is 5.92 Å². The zero-order chi connectivity index (χ0) is 21.8. The van der Waals surface area contributed by atoms with Gasteiger partial charge < -0.3 is 14.6 Å². The number of carbonyl (C=O) groups is 1. The molecule has 2 aromatic heterocycles. The molecule has 1 unspecified atom stereocenters. The summed E-state index contributed by atoms with van der Waals surface area (Å²) in [5, 5.41) is 7.76. The standard InChI is InChI=1S/C25H24ClN3O3/c1-27-25(30)14-9-18-16(6-7-28-21(18)10-14)19-12-15(26)8-13-11-22(31-23(13)19)24-17-4-2-3-5-20(17)29-32-24/h6-8,12,14,22H,2-5,9-11H2,1H3,(H,27,30)/t14?,22-/m1/s1. The minimum absolute atomic E-state index is 0.0525. The van der Waals surface area contributed by atoms with Gasteiger partial charge in [0.25, 0.3) is 0 Å². The third-order valence-corrected chi connectivity index (χ3v) is 7.24. The number of rotatable bonds is 3. The molecule has 3 aliphatic rings. The number of ether oxygens (including phenoxy) is 1. The monoisotopic (exact) mass is 449 g/mol. The molecule has 164 valence electrons. The molecular weight excluding hydrogens is 426 g/mol. The van der Waals surface area contributed by atoms with Gasteiger partial charge >= 0.3 is 0 Å². The molecule has 1 N–H and O–H groups in total. The highest BCUT2D eigenvalue weighted by atomic mass is 35.5. The predicted molar refractivity (Wildman–Crippen MR) is 120 cm³/mol. The minimum atomic E-state index is -0.190. The van der Waals surface area contributed by atoms with Crippen LogP contribution in [0.2, 0.25) is 5.02 Å². The average Bonchev–Trinajstić information content (AvgIpc) is 3.53. The number of nitrogens with one attached hydrogen (secondary N) is 1. The van der Waals surface area contributed by atoms with Crippen molar-refractivity contribution in [2.24, 2.45) is 5.92 Å². The van der Waals surface area contributed by atoms with Crippen LogP contribution >= 0.6 is 11.6 Å². The maximum Gasteiger partial charge on any atom is 0.223 e. The number of carbonyl (C=O) groups excluding carboxylic acids is 1. The Balaban J connectivity index is 1.39. The van der Waals surface area contributed by atoms with E-state index < -0.39 is 0 Å². The van der Waals surface area contributed by atoms with E-state index in [9.17, 15) is 4.79 Å². The summed E-state index contributed by atoms with van der Waals surface area (Å²) in [5.74, 6) is 1.66. The third kappa shape index (κ3) is 3.12. The van der Waals surface area contributed by atoms with Crippen molar-refractivity contribution < 1.29 is 14.1 Å². The van der Waals surface area contributed by atoms with Crippen LogP contribution in [0.4, 0.5) is 0 Å². The van der Waals surface area contributed by atoms with Crippen molar-refractivity contribution in [3.8, 4) is 16.9 Å². The summed E-state index contributed by atoms with van der Waals surface area (Å²) in [7, 11) is 1.68. The normalized spacial score (nSPS) is 20.9. The number of aryl methyl sites for hydroxylation is 1. The van der Waals surface area contributed by atoms with Crippen LogP contribution in [0.1, 0.15) is 52.8 Å². The van der Waals surface area contributed by atoms with Crippen LogP contribution in [-0.4, -0.2) is 23.1 Å². The number of hydrogen-bond acceptors (Lipinski definition) is 5. The molecule has 2 aliphatic carbocycles. The molecule has 1 aliphatic heterocycles. The molecule has 3 heterocycles. The van der Waals surface area contributed by atoms with Crippen molar-refractivity contribution in [1.29, 1.82) is 0 Å². The Kier molecular flexibility index (Phi) is 4.72. The first kappa shape index (κ1) is 19.8. The Morgan fingerprint density at radius 2 is 1.97 bits per heavy atom. The predicted octanol–water partition coefficient (Wildman–Crippen LogP) is 4.41. The molecule has 0 radical (unpaired) electrons. The first-order valence-electron chi connectivity index (χ1n) is 11.3. The van der Waals surface area contributed by atoms with E-state index in [0.29, 0.717) is 24.3 Å². The molecule has 6 nitrogen and oxygen atoms in total. The topological polar surface area (TPSA) is 77.2 Å². The van der Waals surface area contributed by atoms with Crippen molar-refractivity contribution in [1.82, 2.24) is 15.5 Å². The number of hydrogen-bond donors (Lipinski definition) is 1. The molecule has 0 saturated carbocycles. The Labute approximate surface area is 191 Å². The van der Waals surface area contributed by atoms with E-state index in [4.69, 9.17) is 20.9 Å². The van der Waals surface area contributed by atoms with E-state index in [0.717, 1.165) is 70.8 Å². The number of nitrogens with zero attached hydrogens (tertiary/aromatic N) is 2. The zero-order valence-corrected chi connectivity index (χ0v) is 18.7. The summed E-state index contributed by atoms with van der Waals surface area (Å²) in [6, 6.07) is 5.95. The van der Waals surface area contributed by atoms with Crippen molar-refractivity contribution in [3.05, 3.63) is 63.3 Å². The van der Waals surface area contributed by atoms with Gasteiger partial charge in [-0.25, -0.2) is 0 Å². The highest BCUT2D eigenvalue weighted by Crippen LogP contribution is 2.48. The van der Waals surface area contributed by atoms with E-state index in [2.05, 4.69) is 15.5 Å². The van der Waals surface area contributed by atoms with Gasteiger partial charge in [0.15, 0.2) is 11.9 Å². The van der Waals surface area contributed by atoms with Crippen LogP contribution in [0.25, 0.3) is 11.1 Å². The summed E-state index contributed by atoms with van der Waals surface area (Å²) in [6.07, 6.45) is 7.94. The van der Waals surface area contributed by atoms with Crippen LogP contribution in [0.3, 0.4) is 0 Å². The number of pyridine rings is 1. The Bertz CT molecular complexity index is 1240. The van der Waals surface area contributed by atoms with E-state index in [-0.39, 0.29) is 17.9 Å². The lowest BCUT2D eigenvalue weighted by Gasteiger charge is -2.15. The number of aromatic nitrogens is 2. The highest BCUT2D eigenvalue weighted by molar-refractivity contribution is 6.31. The number of benzene rings is 1. The summed E-state index contributed by atoms with van der Waals surface area (Å²) in [5.41, 5.74) is 7.46. The lowest BCUT2D eigenvalue weighted by Crippen LogP contribution is -2.27. The highest BCUT2D eigenvalue weighted by Gasteiger charge is 2.36. The van der Waals surface area contributed by atoms with Crippen LogP contribution < -0.4 is 10.1 Å². The Hall–Kier alpha value is -2.86. The summed E-state index contributed by atoms with van der Waals surface area (Å²) >= 11 is 6.55. The summed E-state index contributed by atoms with van der Waals surface area (Å²) in [6.45, 7) is 0. The molecule has 2 atom stereocenters. The zero-order valence-electron chi connectivity index (χ0n) is 17.9. The van der Waals surface area contributed by atoms with Crippen molar-refractivity contribution in [2.45, 2.75) is 51.0 Å². The van der Waals surface area contributed by atoms with Crippen LogP contribution in [0.15, 0.2) is 28.9 Å². The first-order valence-corrected chi connectivity index (χ1v) is 11.6. The van der Waals surface area contributed by atoms with Gasteiger partial charge in [-0.1, -0.05) is 16.8 Å². The smallest absolute Gasteiger partial charge is 0.223 e. The largest absolute Gasteiger partial charge is 0.481 e. The summed E-state index contributed by atoms with van der Waals surface area (Å²) < 4.78 is 12.3. The number of fused-ring (bicyclic) bond motifs is 3. The van der Waals surface area contributed by atoms with Gasteiger partial charge in [0.1, 0.15) is 5.75 Å². The Morgan fingerprint density at radius 3 is 2.84 bits per heavy atom. The second-order valence-electron chi connectivity index (χ2n) is 8.93. The van der Waals surface area contributed by atoms with E-state index >= 15 is 0 Å². The van der Waals surface area contributed by atoms with Crippen molar-refractivity contribution >= 4 is 17.5 Å². The molecular formula is C25H24ClN3O3. The molecule has 3 aromatic rings. The molecule has 7 heteroatoms. The van der Waals surface area contributed by atoms with E-state index in [1.807, 2.05) is 24.4 Å².